The first-order valence-electron chi connectivity index (χ1n) is 3.77. The molecule has 0 aliphatic carbocycles. The Morgan fingerprint density at radius 3 is 2.69 bits per heavy atom. The van der Waals surface area contributed by atoms with Gasteiger partial charge < -0.3 is 15.5 Å². The first-order valence-corrected chi connectivity index (χ1v) is 3.77. The van der Waals surface area contributed by atoms with Gasteiger partial charge in [0.05, 0.1) is 12.3 Å². The molecule has 74 valence electrons. The quantitative estimate of drug-likeness (QED) is 0.687. The van der Waals surface area contributed by atoms with Crippen LogP contribution in [0.5, 0.6) is 0 Å². The molecule has 3 N–H and O–H groups in total. The summed E-state index contributed by atoms with van der Waals surface area (Å²) in [6, 6.07) is 0. The van der Waals surface area contributed by atoms with Crippen molar-refractivity contribution in [2.75, 3.05) is 12.3 Å². The number of ether oxygens (including phenoxy) is 1. The summed E-state index contributed by atoms with van der Waals surface area (Å²) in [4.78, 5) is 14.1. The van der Waals surface area contributed by atoms with Gasteiger partial charge in [-0.3, -0.25) is 0 Å². The molecule has 0 aromatic carbocycles. The highest BCUT2D eigenvalue weighted by Gasteiger charge is 2.14. The number of aromatic amines is 1. The normalized spacial score (nSPS) is 9.08. The fourth-order valence-electron chi connectivity index (χ4n) is 1.02. The zero-order valence-electron chi connectivity index (χ0n) is 7.18. The van der Waals surface area contributed by atoms with Crippen molar-refractivity contribution in [3.63, 3.8) is 0 Å². The summed E-state index contributed by atoms with van der Waals surface area (Å²) in [7, 11) is 0. The van der Waals surface area contributed by atoms with Crippen LogP contribution in [0.25, 0.3) is 0 Å². The molecule has 0 radical (unpaired) electrons. The van der Waals surface area contributed by atoms with Crippen LogP contribution in [-0.2, 0) is 4.74 Å². The third-order valence-corrected chi connectivity index (χ3v) is 1.59. The molecule has 0 unspecified atom stereocenters. The van der Waals surface area contributed by atoms with E-state index in [1.165, 1.54) is 0 Å². The Balaban J connectivity index is 0.00000144. The monoisotopic (exact) mass is 184 g/mol. The number of esters is 1. The van der Waals surface area contributed by atoms with Gasteiger partial charge in [0.15, 0.2) is 0 Å². The molecule has 1 aromatic heterocycles. The molecule has 0 saturated carbocycles. The van der Waals surface area contributed by atoms with Crippen LogP contribution in [-0.4, -0.2) is 17.6 Å². The van der Waals surface area contributed by atoms with Crippen LogP contribution >= 0.6 is 0 Å². The molecular weight excluding hydrogens is 168 g/mol. The van der Waals surface area contributed by atoms with Gasteiger partial charge in [0.1, 0.15) is 5.56 Å². The van der Waals surface area contributed by atoms with E-state index < -0.39 is 0 Å². The number of hydrogen-bond donors (Lipinski definition) is 2. The van der Waals surface area contributed by atoms with Crippen molar-refractivity contribution in [3.8, 4) is 0 Å². The van der Waals surface area contributed by atoms with E-state index in [0.29, 0.717) is 17.9 Å². The molecule has 0 aliphatic heterocycles. The zero-order valence-corrected chi connectivity index (χ0v) is 7.18. The van der Waals surface area contributed by atoms with E-state index in [0.717, 1.165) is 5.69 Å². The number of anilines is 1. The van der Waals surface area contributed by atoms with Gasteiger partial charge in [0, 0.05) is 11.9 Å². The number of aromatic nitrogens is 1. The Bertz CT molecular complexity index is 272. The number of carbonyl (C=O) groups is 1. The number of rotatable bonds is 2. The summed E-state index contributed by atoms with van der Waals surface area (Å²) in [6.45, 7) is 3.90. The average molecular weight is 184 g/mol. The van der Waals surface area contributed by atoms with Gasteiger partial charge in [0.2, 0.25) is 0 Å². The van der Waals surface area contributed by atoms with E-state index in [-0.39, 0.29) is 13.4 Å². The third kappa shape index (κ3) is 2.24. The number of hydrogen-bond acceptors (Lipinski definition) is 3. The number of nitrogen functional groups attached to an aromatic ring is 1. The zero-order chi connectivity index (χ0) is 9.14. The Morgan fingerprint density at radius 2 is 2.31 bits per heavy atom. The molecule has 1 heterocycles. The maximum Gasteiger partial charge on any atom is 0.342 e. The maximum absolute atomic E-state index is 11.2. The molecular formula is C9H16N2O2. The lowest BCUT2D eigenvalue weighted by molar-refractivity contribution is 0.0527. The van der Waals surface area contributed by atoms with Gasteiger partial charge in [-0.25, -0.2) is 4.79 Å². The lowest BCUT2D eigenvalue weighted by atomic mass is 10.2. The Morgan fingerprint density at radius 1 is 1.69 bits per heavy atom. The number of aryl methyl sites for hydroxylation is 1. The van der Waals surface area contributed by atoms with E-state index in [9.17, 15) is 4.79 Å². The van der Waals surface area contributed by atoms with Crippen molar-refractivity contribution in [1.82, 2.24) is 4.98 Å². The molecule has 1 rings (SSSR count). The van der Waals surface area contributed by atoms with Gasteiger partial charge in [-0.2, -0.15) is 0 Å². The Hall–Kier alpha value is -1.45. The van der Waals surface area contributed by atoms with Gasteiger partial charge in [-0.15, -0.1) is 0 Å². The second kappa shape index (κ2) is 4.54. The van der Waals surface area contributed by atoms with E-state index in [4.69, 9.17) is 10.5 Å². The summed E-state index contributed by atoms with van der Waals surface area (Å²) < 4.78 is 4.81. The van der Waals surface area contributed by atoms with E-state index in [1.54, 1.807) is 20.0 Å². The van der Waals surface area contributed by atoms with Crippen molar-refractivity contribution in [3.05, 3.63) is 17.5 Å². The number of H-pyrrole nitrogens is 1. The molecule has 13 heavy (non-hydrogen) atoms. The molecule has 0 aliphatic rings. The van der Waals surface area contributed by atoms with Crippen LogP contribution in [0.1, 0.15) is 30.4 Å². The summed E-state index contributed by atoms with van der Waals surface area (Å²) in [5.41, 5.74) is 7.16. The van der Waals surface area contributed by atoms with Gasteiger partial charge in [0.25, 0.3) is 0 Å². The topological polar surface area (TPSA) is 68.1 Å². The van der Waals surface area contributed by atoms with Crippen LogP contribution in [0.3, 0.4) is 0 Å². The molecule has 1 aromatic rings. The second-order valence-corrected chi connectivity index (χ2v) is 2.46. The first kappa shape index (κ1) is 11.6. The van der Waals surface area contributed by atoms with E-state index in [2.05, 4.69) is 4.98 Å². The smallest absolute Gasteiger partial charge is 0.342 e. The van der Waals surface area contributed by atoms with Gasteiger partial charge in [-0.05, 0) is 13.8 Å². The standard InChI is InChI=1S/C8H12N2O2.CH4/c1-3-12-8(11)7-5(2)10-4-6(7)9;/h4,10H,3,9H2,1-2H3;1H4. The van der Waals surface area contributed by atoms with Gasteiger partial charge >= 0.3 is 5.97 Å². The van der Waals surface area contributed by atoms with Crippen LogP contribution < -0.4 is 5.73 Å². The molecule has 0 saturated heterocycles. The van der Waals surface area contributed by atoms with Crippen LogP contribution in [0.4, 0.5) is 5.69 Å². The summed E-state index contributed by atoms with van der Waals surface area (Å²) in [5.74, 6) is -0.367. The minimum Gasteiger partial charge on any atom is -0.462 e. The predicted octanol–water partition coefficient (Wildman–Crippen LogP) is 1.72. The number of carbonyl (C=O) groups excluding carboxylic acids is 1. The van der Waals surface area contributed by atoms with Crippen LogP contribution in [0.15, 0.2) is 6.20 Å². The summed E-state index contributed by atoms with van der Waals surface area (Å²) >= 11 is 0. The lowest BCUT2D eigenvalue weighted by Gasteiger charge is -2.01. The summed E-state index contributed by atoms with van der Waals surface area (Å²) in [6.07, 6.45) is 1.58. The molecule has 0 bridgehead atoms. The second-order valence-electron chi connectivity index (χ2n) is 2.46. The molecule has 4 heteroatoms. The Labute approximate surface area is 78.1 Å². The number of nitrogens with one attached hydrogen (secondary N) is 1. The summed E-state index contributed by atoms with van der Waals surface area (Å²) in [5, 5.41) is 0. The SMILES string of the molecule is C.CCOC(=O)c1c(N)c[nH]c1C. The fraction of sp³-hybridized carbons (Fsp3) is 0.444. The molecule has 0 fully saturated rings. The number of nitrogens with two attached hydrogens (primary N) is 1. The van der Waals surface area contributed by atoms with Crippen molar-refractivity contribution in [2.45, 2.75) is 21.3 Å². The highest BCUT2D eigenvalue weighted by Crippen LogP contribution is 2.16. The fourth-order valence-corrected chi connectivity index (χ4v) is 1.02. The molecule has 0 amide bonds. The first-order chi connectivity index (χ1) is 5.66. The van der Waals surface area contributed by atoms with E-state index in [1.807, 2.05) is 0 Å². The Kier molecular flexibility index (Phi) is 4.04. The third-order valence-electron chi connectivity index (χ3n) is 1.59. The molecule has 0 spiro atoms. The largest absolute Gasteiger partial charge is 0.462 e. The minimum atomic E-state index is -0.367. The molecule has 0 atom stereocenters. The van der Waals surface area contributed by atoms with Gasteiger partial charge in [-0.1, -0.05) is 7.43 Å². The van der Waals surface area contributed by atoms with E-state index >= 15 is 0 Å². The van der Waals surface area contributed by atoms with Crippen LogP contribution in [0.2, 0.25) is 0 Å². The van der Waals surface area contributed by atoms with Crippen molar-refractivity contribution in [2.24, 2.45) is 0 Å². The predicted molar refractivity (Wildman–Crippen MR) is 52.6 cm³/mol. The average Bonchev–Trinajstić information content (AvgIpc) is 2.32. The highest BCUT2D eigenvalue weighted by atomic mass is 16.5. The molecule has 4 nitrogen and oxygen atoms in total. The van der Waals surface area contributed by atoms with Crippen LogP contribution in [0, 0.1) is 6.92 Å². The highest BCUT2D eigenvalue weighted by molar-refractivity contribution is 5.96. The lowest BCUT2D eigenvalue weighted by Crippen LogP contribution is -2.07. The van der Waals surface area contributed by atoms with Crippen molar-refractivity contribution < 1.29 is 9.53 Å². The van der Waals surface area contributed by atoms with Crippen molar-refractivity contribution in [1.29, 1.82) is 0 Å². The maximum atomic E-state index is 11.2. The van der Waals surface area contributed by atoms with Crippen molar-refractivity contribution >= 4 is 11.7 Å². The minimum absolute atomic E-state index is 0.